The molecule has 0 fully saturated rings. The highest BCUT2D eigenvalue weighted by atomic mass is 16.5. The number of carbonyl (C=O) groups excluding carboxylic acids is 1. The van der Waals surface area contributed by atoms with Gasteiger partial charge in [-0.1, -0.05) is 44.2 Å². The summed E-state index contributed by atoms with van der Waals surface area (Å²) in [5, 5.41) is 11.8. The molecule has 1 rings (SSSR count). The zero-order valence-corrected chi connectivity index (χ0v) is 14.1. The smallest absolute Gasteiger partial charge is 0.303 e. The van der Waals surface area contributed by atoms with Crippen molar-refractivity contribution in [1.82, 2.24) is 5.32 Å². The van der Waals surface area contributed by atoms with Gasteiger partial charge in [0.2, 0.25) is 5.91 Å². The van der Waals surface area contributed by atoms with Gasteiger partial charge < -0.3 is 15.2 Å². The van der Waals surface area contributed by atoms with Gasteiger partial charge in [-0.25, -0.2) is 0 Å². The van der Waals surface area contributed by atoms with E-state index in [1.165, 1.54) is 0 Å². The maximum atomic E-state index is 12.3. The van der Waals surface area contributed by atoms with Gasteiger partial charge in [-0.05, 0) is 31.2 Å². The van der Waals surface area contributed by atoms with Crippen LogP contribution in [-0.4, -0.2) is 29.7 Å². The van der Waals surface area contributed by atoms with Gasteiger partial charge in [-0.15, -0.1) is 0 Å². The van der Waals surface area contributed by atoms with Crippen LogP contribution in [0.4, 0.5) is 0 Å². The van der Waals surface area contributed by atoms with Crippen molar-refractivity contribution < 1.29 is 19.4 Å². The Morgan fingerprint density at radius 3 is 2.35 bits per heavy atom. The van der Waals surface area contributed by atoms with Crippen LogP contribution in [0.5, 0.6) is 0 Å². The zero-order valence-electron chi connectivity index (χ0n) is 14.1. The number of nitrogens with one attached hydrogen (secondary N) is 1. The van der Waals surface area contributed by atoms with Crippen LogP contribution in [0.3, 0.4) is 0 Å². The molecule has 2 atom stereocenters. The summed E-state index contributed by atoms with van der Waals surface area (Å²) in [5.41, 5.74) is 0.900. The predicted octanol–water partition coefficient (Wildman–Crippen LogP) is 3.16. The highest BCUT2D eigenvalue weighted by Gasteiger charge is 2.20. The Labute approximate surface area is 138 Å². The van der Waals surface area contributed by atoms with Crippen molar-refractivity contribution in [2.75, 3.05) is 6.61 Å². The molecule has 0 heterocycles. The fraction of sp³-hybridized carbons (Fsp3) is 0.556. The van der Waals surface area contributed by atoms with Crippen molar-refractivity contribution in [2.45, 2.75) is 52.2 Å². The normalized spacial score (nSPS) is 13.6. The standard InChI is InChI=1S/C18H27NO4/c1-13(2)11-12-23-14(3)18(22)19-16(9-10-17(20)21)15-7-5-4-6-8-15/h4-8,13-14,16H,9-12H2,1-3H3,(H,19,22)(H,20,21). The highest BCUT2D eigenvalue weighted by molar-refractivity contribution is 5.80. The van der Waals surface area contributed by atoms with Crippen LogP contribution < -0.4 is 5.32 Å². The van der Waals surface area contributed by atoms with E-state index >= 15 is 0 Å². The molecule has 0 spiro atoms. The Bertz CT molecular complexity index is 487. The number of aliphatic carboxylic acids is 1. The fourth-order valence-electron chi connectivity index (χ4n) is 2.12. The summed E-state index contributed by atoms with van der Waals surface area (Å²) in [7, 11) is 0. The quantitative estimate of drug-likeness (QED) is 0.694. The van der Waals surface area contributed by atoms with Gasteiger partial charge in [0, 0.05) is 13.0 Å². The lowest BCUT2D eigenvalue weighted by molar-refractivity contribution is -0.138. The van der Waals surface area contributed by atoms with E-state index in [0.717, 1.165) is 12.0 Å². The van der Waals surface area contributed by atoms with E-state index < -0.39 is 12.1 Å². The van der Waals surface area contributed by atoms with Crippen LogP contribution in [0, 0.1) is 5.92 Å². The van der Waals surface area contributed by atoms with Crippen molar-refractivity contribution in [3.05, 3.63) is 35.9 Å². The van der Waals surface area contributed by atoms with E-state index in [1.807, 2.05) is 30.3 Å². The van der Waals surface area contributed by atoms with Crippen LogP contribution >= 0.6 is 0 Å². The number of hydrogen-bond donors (Lipinski definition) is 2. The molecule has 0 aromatic heterocycles. The van der Waals surface area contributed by atoms with Crippen LogP contribution in [0.2, 0.25) is 0 Å². The molecule has 1 aromatic rings. The highest BCUT2D eigenvalue weighted by Crippen LogP contribution is 2.18. The van der Waals surface area contributed by atoms with E-state index in [0.29, 0.717) is 18.9 Å². The molecule has 1 aromatic carbocycles. The van der Waals surface area contributed by atoms with Crippen LogP contribution in [0.15, 0.2) is 30.3 Å². The molecule has 5 heteroatoms. The van der Waals surface area contributed by atoms with Crippen molar-refractivity contribution >= 4 is 11.9 Å². The molecule has 5 nitrogen and oxygen atoms in total. The maximum Gasteiger partial charge on any atom is 0.303 e. The van der Waals surface area contributed by atoms with Gasteiger partial charge in [0.25, 0.3) is 0 Å². The Morgan fingerprint density at radius 1 is 1.13 bits per heavy atom. The lowest BCUT2D eigenvalue weighted by atomic mass is 10.0. The van der Waals surface area contributed by atoms with Crippen molar-refractivity contribution in [3.8, 4) is 0 Å². The van der Waals surface area contributed by atoms with Gasteiger partial charge in [0.05, 0.1) is 6.04 Å². The Balaban J connectivity index is 2.61. The molecule has 0 saturated carbocycles. The summed E-state index contributed by atoms with van der Waals surface area (Å²) in [6, 6.07) is 9.08. The molecule has 0 radical (unpaired) electrons. The van der Waals surface area contributed by atoms with Gasteiger partial charge in [-0.2, -0.15) is 0 Å². The zero-order chi connectivity index (χ0) is 17.2. The van der Waals surface area contributed by atoms with Crippen LogP contribution in [0.1, 0.15) is 51.6 Å². The summed E-state index contributed by atoms with van der Waals surface area (Å²) in [5.74, 6) is -0.563. The largest absolute Gasteiger partial charge is 0.481 e. The first kappa shape index (κ1) is 19.2. The molecular formula is C18H27NO4. The van der Waals surface area contributed by atoms with E-state index in [-0.39, 0.29) is 18.4 Å². The van der Waals surface area contributed by atoms with E-state index in [4.69, 9.17) is 9.84 Å². The number of carboxylic acids is 1. The number of rotatable bonds is 10. The van der Waals surface area contributed by atoms with Gasteiger partial charge in [0.1, 0.15) is 6.10 Å². The first-order chi connectivity index (χ1) is 10.9. The number of carboxylic acid groups (broad SMARTS) is 1. The second kappa shape index (κ2) is 10.0. The molecular weight excluding hydrogens is 294 g/mol. The van der Waals surface area contributed by atoms with Gasteiger partial charge in [0.15, 0.2) is 0 Å². The minimum absolute atomic E-state index is 0.00241. The molecule has 2 unspecified atom stereocenters. The first-order valence-electron chi connectivity index (χ1n) is 8.09. The molecule has 2 N–H and O–H groups in total. The Morgan fingerprint density at radius 2 is 1.78 bits per heavy atom. The summed E-state index contributed by atoms with van der Waals surface area (Å²) in [6.45, 7) is 6.46. The maximum absolute atomic E-state index is 12.3. The number of carbonyl (C=O) groups is 2. The van der Waals surface area contributed by atoms with E-state index in [1.54, 1.807) is 6.92 Å². The van der Waals surface area contributed by atoms with Crippen LogP contribution in [0.25, 0.3) is 0 Å². The number of ether oxygens (including phenoxy) is 1. The topological polar surface area (TPSA) is 75.6 Å². The van der Waals surface area contributed by atoms with E-state index in [2.05, 4.69) is 19.2 Å². The molecule has 23 heavy (non-hydrogen) atoms. The molecule has 0 saturated heterocycles. The molecule has 128 valence electrons. The lowest BCUT2D eigenvalue weighted by Gasteiger charge is -2.21. The SMILES string of the molecule is CC(C)CCOC(C)C(=O)NC(CCC(=O)O)c1ccccc1. The minimum Gasteiger partial charge on any atom is -0.481 e. The summed E-state index contributed by atoms with van der Waals surface area (Å²) in [4.78, 5) is 23.1. The second-order valence-electron chi connectivity index (χ2n) is 6.10. The third kappa shape index (κ3) is 7.79. The second-order valence-corrected chi connectivity index (χ2v) is 6.10. The minimum atomic E-state index is -0.874. The summed E-state index contributed by atoms with van der Waals surface area (Å²) < 4.78 is 5.55. The van der Waals surface area contributed by atoms with E-state index in [9.17, 15) is 9.59 Å². The molecule has 0 bridgehead atoms. The predicted molar refractivity (Wildman–Crippen MR) is 89.1 cm³/mol. The molecule has 1 amide bonds. The average Bonchev–Trinajstić information content (AvgIpc) is 2.51. The van der Waals surface area contributed by atoms with Gasteiger partial charge in [-0.3, -0.25) is 9.59 Å². The first-order valence-corrected chi connectivity index (χ1v) is 8.09. The Hall–Kier alpha value is -1.88. The fourth-order valence-corrected chi connectivity index (χ4v) is 2.12. The lowest BCUT2D eigenvalue weighted by Crippen LogP contribution is -2.37. The molecule has 0 aliphatic heterocycles. The third-order valence-electron chi connectivity index (χ3n) is 3.60. The van der Waals surface area contributed by atoms with Crippen LogP contribution in [-0.2, 0) is 14.3 Å². The van der Waals surface area contributed by atoms with Crippen molar-refractivity contribution in [1.29, 1.82) is 0 Å². The Kier molecular flexibility index (Phi) is 8.33. The number of amides is 1. The molecule has 0 aliphatic carbocycles. The van der Waals surface area contributed by atoms with Crippen molar-refractivity contribution in [3.63, 3.8) is 0 Å². The van der Waals surface area contributed by atoms with Crippen molar-refractivity contribution in [2.24, 2.45) is 5.92 Å². The number of hydrogen-bond acceptors (Lipinski definition) is 3. The number of benzene rings is 1. The third-order valence-corrected chi connectivity index (χ3v) is 3.60. The summed E-state index contributed by atoms with van der Waals surface area (Å²) in [6.07, 6.45) is 0.704. The summed E-state index contributed by atoms with van der Waals surface area (Å²) >= 11 is 0. The molecule has 0 aliphatic rings. The monoisotopic (exact) mass is 321 g/mol. The average molecular weight is 321 g/mol. The van der Waals surface area contributed by atoms with Gasteiger partial charge >= 0.3 is 5.97 Å².